The number of benzene rings is 1. The van der Waals surface area contributed by atoms with Crippen molar-refractivity contribution >= 4 is 17.6 Å². The van der Waals surface area contributed by atoms with E-state index in [0.29, 0.717) is 24.5 Å². The summed E-state index contributed by atoms with van der Waals surface area (Å²) < 4.78 is 5.43. The molecule has 1 fully saturated rings. The van der Waals surface area contributed by atoms with Gasteiger partial charge in [-0.05, 0) is 44.4 Å². The molecule has 2 aromatic rings. The van der Waals surface area contributed by atoms with Gasteiger partial charge in [-0.3, -0.25) is 4.79 Å². The van der Waals surface area contributed by atoms with Crippen LogP contribution >= 0.6 is 0 Å². The first-order valence-corrected chi connectivity index (χ1v) is 8.32. The van der Waals surface area contributed by atoms with Crippen LogP contribution in [-0.4, -0.2) is 41.5 Å². The predicted molar refractivity (Wildman–Crippen MR) is 94.2 cm³/mol. The number of likely N-dealkylation sites (tertiary alicyclic amines) is 1. The molecule has 0 radical (unpaired) electrons. The highest BCUT2D eigenvalue weighted by Gasteiger charge is 2.33. The van der Waals surface area contributed by atoms with Gasteiger partial charge in [-0.2, -0.15) is 0 Å². The van der Waals surface area contributed by atoms with Crippen LogP contribution in [0.1, 0.15) is 24.1 Å². The molecule has 2 N–H and O–H groups in total. The second-order valence-corrected chi connectivity index (χ2v) is 6.22. The fourth-order valence-electron chi connectivity index (χ4n) is 3.01. The molecule has 0 saturated carbocycles. The second-order valence-electron chi connectivity index (χ2n) is 6.22. The normalized spacial score (nSPS) is 16.8. The molecule has 0 spiro atoms. The molecular weight excluding hydrogens is 320 g/mol. The van der Waals surface area contributed by atoms with E-state index in [4.69, 9.17) is 4.42 Å². The van der Waals surface area contributed by atoms with Crippen LogP contribution in [0.25, 0.3) is 11.5 Å². The van der Waals surface area contributed by atoms with Gasteiger partial charge in [0.1, 0.15) is 12.3 Å². The lowest BCUT2D eigenvalue weighted by Crippen LogP contribution is -2.46. The average molecular weight is 342 g/mol. The fourth-order valence-corrected chi connectivity index (χ4v) is 3.01. The summed E-state index contributed by atoms with van der Waals surface area (Å²) in [5, 5.41) is 5.53. The maximum Gasteiger partial charge on any atom is 0.322 e. The molecule has 1 aliphatic rings. The van der Waals surface area contributed by atoms with E-state index in [1.54, 1.807) is 18.2 Å². The van der Waals surface area contributed by atoms with E-state index in [9.17, 15) is 9.59 Å². The number of hydrogen-bond donors (Lipinski definition) is 2. The van der Waals surface area contributed by atoms with Crippen molar-refractivity contribution in [1.82, 2.24) is 15.2 Å². The summed E-state index contributed by atoms with van der Waals surface area (Å²) in [5.41, 5.74) is 3.20. The number of carbonyl (C=O) groups excluding carboxylic acids is 2. The van der Waals surface area contributed by atoms with Gasteiger partial charge in [-0.25, -0.2) is 9.78 Å². The van der Waals surface area contributed by atoms with Crippen molar-refractivity contribution in [2.24, 2.45) is 0 Å². The fraction of sp³-hybridized carbons (Fsp3) is 0.389. The van der Waals surface area contributed by atoms with Gasteiger partial charge < -0.3 is 20.0 Å². The topological polar surface area (TPSA) is 87.5 Å². The monoisotopic (exact) mass is 342 g/mol. The summed E-state index contributed by atoms with van der Waals surface area (Å²) in [6.45, 7) is 4.35. The number of nitrogens with one attached hydrogen (secondary N) is 2. The SMILES string of the molecule is CNC(=O)C1CCCN1C(=O)Nc1cc(-c2nc(C)co2)ccc1C. The van der Waals surface area contributed by atoms with Crippen molar-refractivity contribution in [3.8, 4) is 11.5 Å². The molecule has 7 heteroatoms. The Bertz CT molecular complexity index is 799. The molecule has 0 bridgehead atoms. The average Bonchev–Trinajstić information content (AvgIpc) is 3.25. The number of anilines is 1. The van der Waals surface area contributed by atoms with E-state index in [0.717, 1.165) is 23.2 Å². The molecule has 25 heavy (non-hydrogen) atoms. The highest BCUT2D eigenvalue weighted by molar-refractivity contribution is 5.95. The smallest absolute Gasteiger partial charge is 0.322 e. The first-order valence-electron chi connectivity index (χ1n) is 8.32. The maximum atomic E-state index is 12.6. The third-order valence-corrected chi connectivity index (χ3v) is 4.41. The predicted octanol–water partition coefficient (Wildman–Crippen LogP) is 2.70. The van der Waals surface area contributed by atoms with Crippen LogP contribution in [0.15, 0.2) is 28.9 Å². The number of urea groups is 1. The minimum absolute atomic E-state index is 0.131. The van der Waals surface area contributed by atoms with Crippen molar-refractivity contribution in [2.45, 2.75) is 32.7 Å². The summed E-state index contributed by atoms with van der Waals surface area (Å²) in [7, 11) is 1.59. The zero-order valence-electron chi connectivity index (χ0n) is 14.6. The van der Waals surface area contributed by atoms with Crippen LogP contribution in [0.2, 0.25) is 0 Å². The van der Waals surface area contributed by atoms with Crippen molar-refractivity contribution < 1.29 is 14.0 Å². The minimum atomic E-state index is -0.414. The Balaban J connectivity index is 1.80. The highest BCUT2D eigenvalue weighted by Crippen LogP contribution is 2.26. The number of hydrogen-bond acceptors (Lipinski definition) is 4. The number of amides is 3. The van der Waals surface area contributed by atoms with Crippen molar-refractivity contribution in [1.29, 1.82) is 0 Å². The number of aromatic nitrogens is 1. The quantitative estimate of drug-likeness (QED) is 0.898. The Morgan fingerprint density at radius 2 is 2.12 bits per heavy atom. The number of rotatable bonds is 3. The third kappa shape index (κ3) is 3.50. The van der Waals surface area contributed by atoms with Gasteiger partial charge in [0.2, 0.25) is 11.8 Å². The van der Waals surface area contributed by atoms with Crippen LogP contribution in [0, 0.1) is 13.8 Å². The Hall–Kier alpha value is -2.83. The van der Waals surface area contributed by atoms with Gasteiger partial charge in [0.25, 0.3) is 0 Å². The molecule has 7 nitrogen and oxygen atoms in total. The Morgan fingerprint density at radius 3 is 2.80 bits per heavy atom. The van der Waals surface area contributed by atoms with E-state index in [-0.39, 0.29) is 11.9 Å². The van der Waals surface area contributed by atoms with Gasteiger partial charge in [-0.1, -0.05) is 6.07 Å². The molecule has 1 unspecified atom stereocenters. The number of carbonyl (C=O) groups is 2. The highest BCUT2D eigenvalue weighted by atomic mass is 16.3. The van der Waals surface area contributed by atoms with E-state index in [1.807, 2.05) is 32.0 Å². The minimum Gasteiger partial charge on any atom is -0.444 e. The molecule has 0 aliphatic carbocycles. The number of aryl methyl sites for hydroxylation is 2. The molecule has 132 valence electrons. The first-order chi connectivity index (χ1) is 12.0. The first kappa shape index (κ1) is 17.0. The Morgan fingerprint density at radius 1 is 1.32 bits per heavy atom. The molecule has 2 heterocycles. The van der Waals surface area contributed by atoms with E-state index < -0.39 is 6.04 Å². The maximum absolute atomic E-state index is 12.6. The molecular formula is C18H22N4O3. The lowest BCUT2D eigenvalue weighted by atomic mass is 10.1. The van der Waals surface area contributed by atoms with Gasteiger partial charge in [0.05, 0.1) is 5.69 Å². The molecule has 1 atom stereocenters. The van der Waals surface area contributed by atoms with Crippen LogP contribution in [0.5, 0.6) is 0 Å². The molecule has 1 aromatic carbocycles. The van der Waals surface area contributed by atoms with Gasteiger partial charge in [0.15, 0.2) is 0 Å². The molecule has 3 amide bonds. The number of nitrogens with zero attached hydrogens (tertiary/aromatic N) is 2. The van der Waals surface area contributed by atoms with Crippen molar-refractivity contribution in [3.05, 3.63) is 35.7 Å². The summed E-state index contributed by atoms with van der Waals surface area (Å²) in [6.07, 6.45) is 3.09. The van der Waals surface area contributed by atoms with Crippen LogP contribution in [-0.2, 0) is 4.79 Å². The molecule has 3 rings (SSSR count). The molecule has 1 saturated heterocycles. The third-order valence-electron chi connectivity index (χ3n) is 4.41. The van der Waals surface area contributed by atoms with Gasteiger partial charge >= 0.3 is 6.03 Å². The lowest BCUT2D eigenvalue weighted by molar-refractivity contribution is -0.124. The van der Waals surface area contributed by atoms with Crippen molar-refractivity contribution in [3.63, 3.8) is 0 Å². The van der Waals surface area contributed by atoms with Crippen LogP contribution < -0.4 is 10.6 Å². The van der Waals surface area contributed by atoms with Crippen molar-refractivity contribution in [2.75, 3.05) is 18.9 Å². The Labute approximate surface area is 146 Å². The zero-order chi connectivity index (χ0) is 18.0. The molecule has 1 aliphatic heterocycles. The molecule has 1 aromatic heterocycles. The Kier molecular flexibility index (Phi) is 4.74. The number of likely N-dealkylation sites (N-methyl/N-ethyl adjacent to an activating group) is 1. The number of oxazole rings is 1. The second kappa shape index (κ2) is 6.96. The lowest BCUT2D eigenvalue weighted by Gasteiger charge is -2.24. The van der Waals surface area contributed by atoms with Gasteiger partial charge in [-0.15, -0.1) is 0 Å². The van der Waals surface area contributed by atoms with E-state index in [2.05, 4.69) is 15.6 Å². The summed E-state index contributed by atoms with van der Waals surface area (Å²) in [4.78, 5) is 30.5. The van der Waals surface area contributed by atoms with Crippen LogP contribution in [0.3, 0.4) is 0 Å². The summed E-state index contributed by atoms with van der Waals surface area (Å²) in [5.74, 6) is 0.380. The van der Waals surface area contributed by atoms with Gasteiger partial charge in [0, 0.05) is 24.8 Å². The van der Waals surface area contributed by atoms with E-state index in [1.165, 1.54) is 0 Å². The standard InChI is InChI=1S/C18H22N4O3/c1-11-6-7-13(17-20-12(2)10-25-17)9-14(11)21-18(24)22-8-4-5-15(22)16(23)19-3/h6-7,9-10,15H,4-5,8H2,1-3H3,(H,19,23)(H,21,24). The summed E-state index contributed by atoms with van der Waals surface area (Å²) in [6, 6.07) is 4.96. The van der Waals surface area contributed by atoms with Crippen LogP contribution in [0.4, 0.5) is 10.5 Å². The summed E-state index contributed by atoms with van der Waals surface area (Å²) >= 11 is 0. The zero-order valence-corrected chi connectivity index (χ0v) is 14.6. The van der Waals surface area contributed by atoms with E-state index >= 15 is 0 Å². The largest absolute Gasteiger partial charge is 0.444 e.